The number of carbonyl (C=O) groups is 1. The first-order chi connectivity index (χ1) is 18.8. The van der Waals surface area contributed by atoms with Crippen LogP contribution in [0.5, 0.6) is 5.75 Å². The number of nitrogens with zero attached hydrogens (tertiary/aromatic N) is 5. The van der Waals surface area contributed by atoms with Gasteiger partial charge in [-0.25, -0.2) is 0 Å². The molecule has 0 radical (unpaired) electrons. The molecule has 1 aromatic carbocycles. The molecule has 9 heteroatoms. The average Bonchev–Trinajstić information content (AvgIpc) is 3.38. The van der Waals surface area contributed by atoms with Crippen LogP contribution in [0.4, 0.5) is 5.69 Å². The van der Waals surface area contributed by atoms with Gasteiger partial charge in [0.15, 0.2) is 0 Å². The fourth-order valence-corrected chi connectivity index (χ4v) is 5.28. The number of hydrogen-bond donors (Lipinski definition) is 1. The van der Waals surface area contributed by atoms with Crippen molar-refractivity contribution in [2.45, 2.75) is 77.8 Å². The minimum Gasteiger partial charge on any atom is -0.508 e. The highest BCUT2D eigenvalue weighted by Crippen LogP contribution is 2.38. The van der Waals surface area contributed by atoms with Gasteiger partial charge in [-0.05, 0) is 72.1 Å². The predicted octanol–water partition coefficient (Wildman–Crippen LogP) is 7.17. The summed E-state index contributed by atoms with van der Waals surface area (Å²) in [5.41, 5.74) is 6.66. The predicted molar refractivity (Wildman–Crippen MR) is 167 cm³/mol. The van der Waals surface area contributed by atoms with Gasteiger partial charge in [-0.3, -0.25) is 19.4 Å². The Labute approximate surface area is 254 Å². The van der Waals surface area contributed by atoms with Crippen molar-refractivity contribution >= 4 is 36.4 Å². The lowest BCUT2D eigenvalue weighted by molar-refractivity contribution is -0.120. The van der Waals surface area contributed by atoms with Crippen LogP contribution in [0, 0.1) is 0 Å². The third-order valence-corrected chi connectivity index (χ3v) is 7.53. The van der Waals surface area contributed by atoms with Crippen LogP contribution in [-0.2, 0) is 24.3 Å². The minimum absolute atomic E-state index is 0. The van der Waals surface area contributed by atoms with Gasteiger partial charge in [-0.1, -0.05) is 45.9 Å². The molecule has 3 heterocycles. The number of halogens is 2. The minimum atomic E-state index is -0.314. The van der Waals surface area contributed by atoms with Crippen LogP contribution in [0.1, 0.15) is 91.9 Å². The van der Waals surface area contributed by atoms with E-state index in [4.69, 9.17) is 0 Å². The summed E-state index contributed by atoms with van der Waals surface area (Å²) < 4.78 is 1.89. The number of aromatic hydroxyl groups is 1. The van der Waals surface area contributed by atoms with Gasteiger partial charge in [0, 0.05) is 29.3 Å². The zero-order valence-electron chi connectivity index (χ0n) is 24.0. The van der Waals surface area contributed by atoms with Gasteiger partial charge in [0.25, 0.3) is 0 Å². The quantitative estimate of drug-likeness (QED) is 0.233. The molecule has 0 fully saturated rings. The number of hydrogen-bond acceptors (Lipinski definition) is 5. The van der Waals surface area contributed by atoms with Crippen LogP contribution in [0.25, 0.3) is 0 Å². The van der Waals surface area contributed by atoms with Crippen LogP contribution >= 0.6 is 24.8 Å². The van der Waals surface area contributed by atoms with Crippen molar-refractivity contribution in [1.29, 1.82) is 0 Å². The molecule has 1 N–H and O–H groups in total. The molecular formula is C32H39Cl2N5O2. The van der Waals surface area contributed by atoms with Gasteiger partial charge in [0.1, 0.15) is 5.75 Å². The maximum atomic E-state index is 14.2. The summed E-state index contributed by atoms with van der Waals surface area (Å²) in [7, 11) is 0. The number of anilines is 1. The van der Waals surface area contributed by atoms with E-state index in [1.54, 1.807) is 12.3 Å². The standard InChI is InChI=1S/C32H37N5O2.2ClH/c1-21(2)29-13-11-23(15-33-29)18-36-19-24(16-35-36)20-37(25-12-14-30(22(3)4)34-17-25)32(39)28-9-5-8-27-26(28)7-6-10-31(27)38;;/h6-7,10-17,19,21-22,28,38H,5,8-9,18,20H2,1-4H3;2*1H. The Morgan fingerprint density at radius 1 is 0.951 bits per heavy atom. The first kappa shape index (κ1) is 32.1. The number of phenols is 1. The molecule has 1 unspecified atom stereocenters. The number of benzene rings is 1. The molecule has 1 aliphatic carbocycles. The fraction of sp³-hybridized carbons (Fsp3) is 0.375. The van der Waals surface area contributed by atoms with E-state index in [1.807, 2.05) is 52.4 Å². The van der Waals surface area contributed by atoms with Crippen molar-refractivity contribution in [3.8, 4) is 5.75 Å². The van der Waals surface area contributed by atoms with Gasteiger partial charge >= 0.3 is 0 Å². The zero-order valence-corrected chi connectivity index (χ0v) is 25.7. The Balaban J connectivity index is 0.00000231. The topological polar surface area (TPSA) is 84.1 Å². The SMILES string of the molecule is CC(C)c1ccc(Cn2cc(CN(C(=O)C3CCCc4c(O)cccc43)c3ccc(C(C)C)nc3)cn2)cn1.Cl.Cl. The summed E-state index contributed by atoms with van der Waals surface area (Å²) in [6.45, 7) is 9.48. The third kappa shape index (κ3) is 7.27. The van der Waals surface area contributed by atoms with Crippen LogP contribution < -0.4 is 4.90 Å². The first-order valence-electron chi connectivity index (χ1n) is 13.8. The van der Waals surface area contributed by atoms with Gasteiger partial charge < -0.3 is 10.0 Å². The Kier molecular flexibility index (Phi) is 10.9. The molecule has 0 spiro atoms. The number of aromatic nitrogens is 4. The average molecular weight is 597 g/mol. The second-order valence-corrected chi connectivity index (χ2v) is 11.1. The largest absolute Gasteiger partial charge is 0.508 e. The van der Waals surface area contributed by atoms with Crippen molar-refractivity contribution in [1.82, 2.24) is 19.7 Å². The number of amides is 1. The van der Waals surface area contributed by atoms with Crippen LogP contribution in [0.15, 0.2) is 67.3 Å². The van der Waals surface area contributed by atoms with Crippen molar-refractivity contribution in [2.75, 3.05) is 4.90 Å². The Morgan fingerprint density at radius 3 is 2.29 bits per heavy atom. The molecule has 1 atom stereocenters. The Morgan fingerprint density at radius 2 is 1.66 bits per heavy atom. The maximum Gasteiger partial charge on any atom is 0.234 e. The molecule has 0 aliphatic heterocycles. The van der Waals surface area contributed by atoms with Crippen molar-refractivity contribution in [3.05, 3.63) is 101 Å². The summed E-state index contributed by atoms with van der Waals surface area (Å²) in [5, 5.41) is 15.0. The van der Waals surface area contributed by atoms with E-state index >= 15 is 0 Å². The maximum absolute atomic E-state index is 14.2. The number of fused-ring (bicyclic) bond motifs is 1. The van der Waals surface area contributed by atoms with Crippen LogP contribution in [0.2, 0.25) is 0 Å². The highest BCUT2D eigenvalue weighted by Gasteiger charge is 2.32. The van der Waals surface area contributed by atoms with Crippen molar-refractivity contribution < 1.29 is 9.90 Å². The summed E-state index contributed by atoms with van der Waals surface area (Å²) >= 11 is 0. The summed E-state index contributed by atoms with van der Waals surface area (Å²) in [6, 6.07) is 13.7. The van der Waals surface area contributed by atoms with Gasteiger partial charge in [-0.15, -0.1) is 24.8 Å². The van der Waals surface area contributed by atoms with E-state index in [0.29, 0.717) is 24.9 Å². The molecule has 218 valence electrons. The molecule has 0 bridgehead atoms. The second kappa shape index (κ2) is 14.0. The molecule has 4 aromatic rings. The number of pyridine rings is 2. The van der Waals surface area contributed by atoms with Gasteiger partial charge in [-0.2, -0.15) is 5.10 Å². The monoisotopic (exact) mass is 595 g/mol. The Bertz CT molecular complexity index is 1440. The number of rotatable bonds is 8. The van der Waals surface area contributed by atoms with E-state index in [9.17, 15) is 9.90 Å². The normalized spacial score (nSPS) is 14.2. The summed E-state index contributed by atoms with van der Waals surface area (Å²) in [6.07, 6.45) is 9.93. The van der Waals surface area contributed by atoms with Crippen LogP contribution in [-0.4, -0.2) is 30.8 Å². The zero-order chi connectivity index (χ0) is 27.5. The fourth-order valence-electron chi connectivity index (χ4n) is 5.28. The van der Waals surface area contributed by atoms with E-state index in [1.165, 1.54) is 0 Å². The van der Waals surface area contributed by atoms with E-state index in [0.717, 1.165) is 58.6 Å². The lowest BCUT2D eigenvalue weighted by Crippen LogP contribution is -2.36. The Hall–Kier alpha value is -3.42. The highest BCUT2D eigenvalue weighted by molar-refractivity contribution is 5.98. The molecule has 41 heavy (non-hydrogen) atoms. The third-order valence-electron chi connectivity index (χ3n) is 7.53. The lowest BCUT2D eigenvalue weighted by atomic mass is 9.81. The van der Waals surface area contributed by atoms with Crippen LogP contribution in [0.3, 0.4) is 0 Å². The van der Waals surface area contributed by atoms with Crippen molar-refractivity contribution in [2.24, 2.45) is 0 Å². The lowest BCUT2D eigenvalue weighted by Gasteiger charge is -2.31. The summed E-state index contributed by atoms with van der Waals surface area (Å²) in [4.78, 5) is 25.2. The molecule has 3 aromatic heterocycles. The van der Waals surface area contributed by atoms with E-state index < -0.39 is 0 Å². The molecule has 1 amide bonds. The van der Waals surface area contributed by atoms with Crippen molar-refractivity contribution in [3.63, 3.8) is 0 Å². The van der Waals surface area contributed by atoms with Gasteiger partial charge in [0.05, 0.1) is 37.1 Å². The molecule has 5 rings (SSSR count). The number of carbonyl (C=O) groups excluding carboxylic acids is 1. The molecule has 0 saturated heterocycles. The summed E-state index contributed by atoms with van der Waals surface area (Å²) in [5.74, 6) is 0.673. The van der Waals surface area contributed by atoms with E-state index in [2.05, 4.69) is 54.9 Å². The smallest absolute Gasteiger partial charge is 0.234 e. The second-order valence-electron chi connectivity index (χ2n) is 11.1. The molecule has 1 aliphatic rings. The van der Waals surface area contributed by atoms with E-state index in [-0.39, 0.29) is 42.4 Å². The molecule has 0 saturated carbocycles. The molecule has 7 nitrogen and oxygen atoms in total. The molecular weight excluding hydrogens is 557 g/mol. The van der Waals surface area contributed by atoms with Gasteiger partial charge in [0.2, 0.25) is 5.91 Å². The first-order valence-corrected chi connectivity index (χ1v) is 13.8. The highest BCUT2D eigenvalue weighted by atomic mass is 35.5. The number of phenolic OH excluding ortho intramolecular Hbond substituents is 1.